The van der Waals surface area contributed by atoms with E-state index in [0.717, 1.165) is 36.3 Å². The van der Waals surface area contributed by atoms with Gasteiger partial charge in [-0.25, -0.2) is 0 Å². The summed E-state index contributed by atoms with van der Waals surface area (Å²) in [6.45, 7) is 4.95. The molecule has 0 N–H and O–H groups in total. The number of rotatable bonds is 0. The first-order chi connectivity index (χ1) is 12.6. The molecule has 4 aliphatic rings. The summed E-state index contributed by atoms with van der Waals surface area (Å²) in [6.07, 6.45) is 2.62. The fourth-order valence-electron chi connectivity index (χ4n) is 4.59. The van der Waals surface area contributed by atoms with E-state index in [1.165, 1.54) is 0 Å². The molecule has 1 saturated heterocycles. The molecule has 5 atom stereocenters. The van der Waals surface area contributed by atoms with Gasteiger partial charge in [-0.2, -0.15) is 0 Å². The minimum absolute atomic E-state index is 0.0100. The molecular weight excluding hydrogens is 334 g/mol. The van der Waals surface area contributed by atoms with E-state index in [2.05, 4.69) is 11.2 Å². The Balaban J connectivity index is 1.43. The number of para-hydroxylation sites is 1. The minimum Gasteiger partial charge on any atom is -0.489 e. The van der Waals surface area contributed by atoms with Gasteiger partial charge in [0, 0.05) is 12.0 Å². The molecule has 1 saturated carbocycles. The Bertz CT molecular complexity index is 718. The number of nitrogens with zero attached hydrogens (tertiary/aromatic N) is 1. The SMILES string of the molecule is CC1(C)O[C@@H]2[C@H]3OCc4ccccc4OCC4CC(=NO4)C[C@H]3C[C@@H]2O1. The van der Waals surface area contributed by atoms with E-state index in [1.54, 1.807) is 0 Å². The normalized spacial score (nSPS) is 37.9. The first-order valence-electron chi connectivity index (χ1n) is 9.47. The zero-order valence-corrected chi connectivity index (χ0v) is 15.2. The zero-order chi connectivity index (χ0) is 17.7. The smallest absolute Gasteiger partial charge is 0.166 e. The summed E-state index contributed by atoms with van der Waals surface area (Å²) in [4.78, 5) is 5.58. The Morgan fingerprint density at radius 3 is 2.88 bits per heavy atom. The van der Waals surface area contributed by atoms with Crippen molar-refractivity contribution in [3.8, 4) is 5.75 Å². The average Bonchev–Trinajstić information content (AvgIpc) is 3.24. The Labute approximate surface area is 153 Å². The van der Waals surface area contributed by atoms with Crippen LogP contribution in [0.15, 0.2) is 29.4 Å². The summed E-state index contributed by atoms with van der Waals surface area (Å²) in [5.74, 6) is 0.628. The third-order valence-electron chi connectivity index (χ3n) is 5.67. The van der Waals surface area contributed by atoms with Crippen LogP contribution in [0.3, 0.4) is 0 Å². The Hall–Kier alpha value is -1.63. The number of fused-ring (bicyclic) bond motifs is 6. The van der Waals surface area contributed by atoms with E-state index in [1.807, 2.05) is 32.0 Å². The fraction of sp³-hybridized carbons (Fsp3) is 0.650. The molecular formula is C20H25NO5. The maximum atomic E-state index is 6.40. The van der Waals surface area contributed by atoms with Crippen LogP contribution in [0.25, 0.3) is 0 Å². The molecule has 2 bridgehead atoms. The second-order valence-electron chi connectivity index (χ2n) is 8.12. The van der Waals surface area contributed by atoms with Gasteiger partial charge < -0.3 is 23.8 Å². The maximum absolute atomic E-state index is 6.40. The van der Waals surface area contributed by atoms with E-state index in [4.69, 9.17) is 23.8 Å². The lowest BCUT2D eigenvalue weighted by Crippen LogP contribution is -2.35. The van der Waals surface area contributed by atoms with Crippen molar-refractivity contribution in [1.29, 1.82) is 0 Å². The van der Waals surface area contributed by atoms with Gasteiger partial charge in [0.15, 0.2) is 11.9 Å². The molecule has 140 valence electrons. The van der Waals surface area contributed by atoms with Crippen LogP contribution >= 0.6 is 0 Å². The summed E-state index contributed by atoms with van der Waals surface area (Å²) in [6, 6.07) is 8.02. The summed E-state index contributed by atoms with van der Waals surface area (Å²) < 4.78 is 24.7. The predicted octanol–water partition coefficient (Wildman–Crippen LogP) is 3.04. The van der Waals surface area contributed by atoms with Crippen LogP contribution in [0.5, 0.6) is 5.75 Å². The van der Waals surface area contributed by atoms with Gasteiger partial charge in [0.25, 0.3) is 0 Å². The minimum atomic E-state index is -0.548. The quantitative estimate of drug-likeness (QED) is 0.713. The van der Waals surface area contributed by atoms with E-state index >= 15 is 0 Å². The van der Waals surface area contributed by atoms with Crippen LogP contribution in [-0.2, 0) is 25.7 Å². The molecule has 2 fully saturated rings. The topological polar surface area (TPSA) is 58.5 Å². The number of hydrogen-bond acceptors (Lipinski definition) is 6. The lowest BCUT2D eigenvalue weighted by Gasteiger charge is -2.27. The number of hydrogen-bond donors (Lipinski definition) is 0. The standard InChI is InChI=1S/C20H25NO5/c1-20(2)24-17-8-13-7-14-9-15(26-21-14)11-22-16-6-4-3-5-12(16)10-23-18(13)19(17)25-20/h3-6,13,15,17-19H,7-11H2,1-2H3/t13-,15?,17-,18-,19-/m0/s1. The highest BCUT2D eigenvalue weighted by molar-refractivity contribution is 5.85. The van der Waals surface area contributed by atoms with Gasteiger partial charge in [-0.3, -0.25) is 0 Å². The van der Waals surface area contributed by atoms with Gasteiger partial charge in [-0.1, -0.05) is 23.4 Å². The van der Waals surface area contributed by atoms with Crippen LogP contribution in [-0.4, -0.2) is 42.5 Å². The van der Waals surface area contributed by atoms with Crippen LogP contribution in [0.2, 0.25) is 0 Å². The molecule has 0 spiro atoms. The third-order valence-corrected chi connectivity index (χ3v) is 5.67. The molecule has 6 nitrogen and oxygen atoms in total. The molecule has 1 aromatic carbocycles. The molecule has 0 aromatic heterocycles. The number of ether oxygens (including phenoxy) is 4. The molecule has 6 heteroatoms. The summed E-state index contributed by atoms with van der Waals surface area (Å²) in [5, 5.41) is 4.30. The number of benzene rings is 1. The van der Waals surface area contributed by atoms with Crippen molar-refractivity contribution in [2.24, 2.45) is 11.1 Å². The van der Waals surface area contributed by atoms with Gasteiger partial charge >= 0.3 is 0 Å². The van der Waals surface area contributed by atoms with Crippen molar-refractivity contribution in [3.63, 3.8) is 0 Å². The highest BCUT2D eigenvalue weighted by Gasteiger charge is 2.54. The average molecular weight is 359 g/mol. The zero-order valence-electron chi connectivity index (χ0n) is 15.2. The monoisotopic (exact) mass is 359 g/mol. The Morgan fingerprint density at radius 2 is 1.96 bits per heavy atom. The lowest BCUT2D eigenvalue weighted by atomic mass is 9.95. The third kappa shape index (κ3) is 3.00. The first-order valence-corrected chi connectivity index (χ1v) is 9.47. The summed E-state index contributed by atoms with van der Waals surface area (Å²) in [5.41, 5.74) is 2.14. The lowest BCUT2D eigenvalue weighted by molar-refractivity contribution is -0.174. The fourth-order valence-corrected chi connectivity index (χ4v) is 4.59. The maximum Gasteiger partial charge on any atom is 0.166 e. The predicted molar refractivity (Wildman–Crippen MR) is 94.0 cm³/mol. The molecule has 1 aliphatic carbocycles. The van der Waals surface area contributed by atoms with Gasteiger partial charge in [-0.15, -0.1) is 0 Å². The summed E-state index contributed by atoms with van der Waals surface area (Å²) in [7, 11) is 0. The highest BCUT2D eigenvalue weighted by Crippen LogP contribution is 2.44. The molecule has 1 aromatic rings. The molecule has 1 unspecified atom stereocenters. The van der Waals surface area contributed by atoms with Crippen molar-refractivity contribution in [1.82, 2.24) is 0 Å². The van der Waals surface area contributed by atoms with Crippen LogP contribution in [0.4, 0.5) is 0 Å². The van der Waals surface area contributed by atoms with E-state index < -0.39 is 5.79 Å². The van der Waals surface area contributed by atoms with E-state index in [-0.39, 0.29) is 24.4 Å². The Kier molecular flexibility index (Phi) is 3.95. The van der Waals surface area contributed by atoms with Crippen LogP contribution in [0.1, 0.15) is 38.7 Å². The van der Waals surface area contributed by atoms with Crippen molar-refractivity contribution in [2.75, 3.05) is 6.61 Å². The van der Waals surface area contributed by atoms with Crippen molar-refractivity contribution in [2.45, 2.75) is 69.9 Å². The van der Waals surface area contributed by atoms with Crippen molar-refractivity contribution in [3.05, 3.63) is 29.8 Å². The van der Waals surface area contributed by atoms with Crippen molar-refractivity contribution < 1.29 is 23.8 Å². The van der Waals surface area contributed by atoms with Gasteiger partial charge in [-0.05, 0) is 38.7 Å². The largest absolute Gasteiger partial charge is 0.489 e. The van der Waals surface area contributed by atoms with Crippen LogP contribution in [0, 0.1) is 5.92 Å². The van der Waals surface area contributed by atoms with E-state index in [9.17, 15) is 0 Å². The van der Waals surface area contributed by atoms with Crippen LogP contribution < -0.4 is 4.74 Å². The molecule has 0 radical (unpaired) electrons. The van der Waals surface area contributed by atoms with Gasteiger partial charge in [0.2, 0.25) is 0 Å². The Morgan fingerprint density at radius 1 is 1.08 bits per heavy atom. The molecule has 0 amide bonds. The second kappa shape index (κ2) is 6.22. The van der Waals surface area contributed by atoms with Gasteiger partial charge in [0.05, 0.1) is 24.5 Å². The van der Waals surface area contributed by atoms with E-state index in [0.29, 0.717) is 19.1 Å². The summed E-state index contributed by atoms with van der Waals surface area (Å²) >= 11 is 0. The number of oxime groups is 1. The highest BCUT2D eigenvalue weighted by atomic mass is 16.8. The first kappa shape index (κ1) is 16.5. The molecule has 26 heavy (non-hydrogen) atoms. The molecule has 3 aliphatic heterocycles. The van der Waals surface area contributed by atoms with Gasteiger partial charge in [0.1, 0.15) is 18.5 Å². The molecule has 5 rings (SSSR count). The second-order valence-corrected chi connectivity index (χ2v) is 8.12. The van der Waals surface area contributed by atoms with Crippen molar-refractivity contribution >= 4 is 5.71 Å². The molecule has 3 heterocycles.